The zero-order valence-corrected chi connectivity index (χ0v) is 38.8. The van der Waals surface area contributed by atoms with E-state index in [0.717, 1.165) is 96.3 Å². The summed E-state index contributed by atoms with van der Waals surface area (Å²) in [4.78, 5) is 37.7. The highest BCUT2D eigenvalue weighted by Gasteiger charge is 2.19. The van der Waals surface area contributed by atoms with Crippen molar-refractivity contribution in [3.63, 3.8) is 0 Å². The predicted octanol–water partition coefficient (Wildman–Crippen LogP) is 16.1. The summed E-state index contributed by atoms with van der Waals surface area (Å²) in [7, 11) is 0. The van der Waals surface area contributed by atoms with Crippen LogP contribution in [-0.4, -0.2) is 37.2 Å². The highest BCUT2D eigenvalue weighted by atomic mass is 16.6. The van der Waals surface area contributed by atoms with E-state index in [-0.39, 0.29) is 31.1 Å². The Bertz CT molecular complexity index is 1090. The van der Waals surface area contributed by atoms with Gasteiger partial charge in [-0.3, -0.25) is 14.4 Å². The van der Waals surface area contributed by atoms with Gasteiger partial charge in [-0.05, 0) is 64.2 Å². The van der Waals surface area contributed by atoms with Gasteiger partial charge in [-0.1, -0.05) is 216 Å². The quantitative estimate of drug-likeness (QED) is 0.0263. The monoisotopic (exact) mass is 825 g/mol. The van der Waals surface area contributed by atoms with Gasteiger partial charge in [0.25, 0.3) is 0 Å². The molecule has 0 rings (SSSR count). The largest absolute Gasteiger partial charge is 0.462 e. The lowest BCUT2D eigenvalue weighted by atomic mass is 10.1. The Morgan fingerprint density at radius 3 is 1.03 bits per heavy atom. The van der Waals surface area contributed by atoms with E-state index < -0.39 is 6.10 Å². The van der Waals surface area contributed by atoms with Crippen LogP contribution in [0.25, 0.3) is 0 Å². The SMILES string of the molecule is CC/C=C\C/C=C\C/C=C\C/C=C\C/C=C\CCCCCCCCCC(=O)OCC(COC(=O)CCCCCCCCCCC)OC(=O)CCCCCCCCCCC. The van der Waals surface area contributed by atoms with E-state index in [0.29, 0.717) is 19.3 Å². The first-order valence-corrected chi connectivity index (χ1v) is 24.8. The molecule has 0 aromatic carbocycles. The summed E-state index contributed by atoms with van der Waals surface area (Å²) in [6, 6.07) is 0. The Hall–Kier alpha value is -2.89. The number of hydrogen-bond acceptors (Lipinski definition) is 6. The Kier molecular flexibility index (Phi) is 45.4. The fraction of sp³-hybridized carbons (Fsp3) is 0.755. The first kappa shape index (κ1) is 56.1. The minimum Gasteiger partial charge on any atom is -0.462 e. The molecule has 0 aromatic rings. The molecule has 6 nitrogen and oxygen atoms in total. The van der Waals surface area contributed by atoms with Crippen LogP contribution >= 0.6 is 0 Å². The summed E-state index contributed by atoms with van der Waals surface area (Å²) in [5.74, 6) is -0.890. The third kappa shape index (κ3) is 46.0. The van der Waals surface area contributed by atoms with Crippen LogP contribution in [0.1, 0.15) is 239 Å². The number of esters is 3. The van der Waals surface area contributed by atoms with Crippen molar-refractivity contribution in [2.24, 2.45) is 0 Å². The lowest BCUT2D eigenvalue weighted by Crippen LogP contribution is -2.30. The van der Waals surface area contributed by atoms with E-state index in [1.807, 2.05) is 0 Å². The molecular formula is C53H92O6. The lowest BCUT2D eigenvalue weighted by Gasteiger charge is -2.18. The zero-order valence-electron chi connectivity index (χ0n) is 38.8. The minimum absolute atomic E-state index is 0.0753. The van der Waals surface area contributed by atoms with Gasteiger partial charge < -0.3 is 14.2 Å². The van der Waals surface area contributed by atoms with Crippen LogP contribution in [0.4, 0.5) is 0 Å². The molecule has 0 aliphatic heterocycles. The summed E-state index contributed by atoms with van der Waals surface area (Å²) in [5, 5.41) is 0. The minimum atomic E-state index is -0.772. The van der Waals surface area contributed by atoms with Crippen LogP contribution in [0.5, 0.6) is 0 Å². The second-order valence-corrected chi connectivity index (χ2v) is 16.4. The van der Waals surface area contributed by atoms with Crippen molar-refractivity contribution in [2.45, 2.75) is 245 Å². The van der Waals surface area contributed by atoms with Crippen molar-refractivity contribution >= 4 is 17.9 Å². The predicted molar refractivity (Wildman–Crippen MR) is 251 cm³/mol. The molecule has 0 heterocycles. The number of rotatable bonds is 44. The van der Waals surface area contributed by atoms with Crippen molar-refractivity contribution in [2.75, 3.05) is 13.2 Å². The van der Waals surface area contributed by atoms with Crippen LogP contribution in [0, 0.1) is 0 Å². The highest BCUT2D eigenvalue weighted by Crippen LogP contribution is 2.14. The number of carbonyl (C=O) groups excluding carboxylic acids is 3. The van der Waals surface area contributed by atoms with E-state index >= 15 is 0 Å². The summed E-state index contributed by atoms with van der Waals surface area (Å²) in [6.07, 6.45) is 57.9. The molecule has 6 heteroatoms. The average Bonchev–Trinajstić information content (AvgIpc) is 3.23. The molecule has 0 bridgehead atoms. The maximum atomic E-state index is 12.7. The molecule has 0 amide bonds. The zero-order chi connectivity index (χ0) is 43.0. The molecule has 0 aliphatic rings. The molecule has 0 aromatic heterocycles. The smallest absolute Gasteiger partial charge is 0.306 e. The number of unbranched alkanes of at least 4 members (excludes halogenated alkanes) is 23. The van der Waals surface area contributed by atoms with Crippen molar-refractivity contribution in [1.29, 1.82) is 0 Å². The maximum absolute atomic E-state index is 12.7. The van der Waals surface area contributed by atoms with Crippen LogP contribution in [0.3, 0.4) is 0 Å². The number of allylic oxidation sites excluding steroid dienone is 10. The molecule has 0 aliphatic carbocycles. The fourth-order valence-electron chi connectivity index (χ4n) is 6.82. The standard InChI is InChI=1S/C53H92O6/c1-4-7-10-13-16-19-20-21-22-23-24-25-26-27-28-29-30-31-32-35-37-40-43-46-52(55)58-49-50(59-53(56)47-44-41-38-34-18-15-12-9-6-3)48-57-51(54)45-42-39-36-33-17-14-11-8-5-2/h7,10,16,19,21-22,24-25,27-28,50H,4-6,8-9,11-15,17-18,20,23,26,29-49H2,1-3H3/b10-7-,19-16-,22-21-,25-24-,28-27-. The van der Waals surface area contributed by atoms with E-state index in [1.165, 1.54) is 103 Å². The Labute approximate surface area is 364 Å². The van der Waals surface area contributed by atoms with Crippen molar-refractivity contribution in [1.82, 2.24) is 0 Å². The number of ether oxygens (including phenoxy) is 3. The molecular weight excluding hydrogens is 733 g/mol. The molecule has 0 spiro atoms. The second-order valence-electron chi connectivity index (χ2n) is 16.4. The first-order chi connectivity index (χ1) is 29.0. The summed E-state index contributed by atoms with van der Waals surface area (Å²) in [6.45, 7) is 6.47. The first-order valence-electron chi connectivity index (χ1n) is 24.8. The van der Waals surface area contributed by atoms with Gasteiger partial charge in [-0.25, -0.2) is 0 Å². The van der Waals surface area contributed by atoms with Crippen LogP contribution in [-0.2, 0) is 28.6 Å². The lowest BCUT2D eigenvalue weighted by molar-refractivity contribution is -0.167. The normalized spacial score (nSPS) is 12.5. The third-order valence-corrected chi connectivity index (χ3v) is 10.5. The number of carbonyl (C=O) groups is 3. The maximum Gasteiger partial charge on any atom is 0.306 e. The van der Waals surface area contributed by atoms with E-state index in [2.05, 4.69) is 81.5 Å². The Morgan fingerprint density at radius 1 is 0.356 bits per heavy atom. The summed E-state index contributed by atoms with van der Waals surface area (Å²) < 4.78 is 16.7. The van der Waals surface area contributed by atoms with Crippen LogP contribution < -0.4 is 0 Å². The molecule has 0 fully saturated rings. The summed E-state index contributed by atoms with van der Waals surface area (Å²) in [5.41, 5.74) is 0. The molecule has 340 valence electrons. The van der Waals surface area contributed by atoms with Gasteiger partial charge in [0.05, 0.1) is 0 Å². The van der Waals surface area contributed by atoms with Crippen LogP contribution in [0.2, 0.25) is 0 Å². The second kappa shape index (κ2) is 47.8. The van der Waals surface area contributed by atoms with E-state index in [4.69, 9.17) is 14.2 Å². The van der Waals surface area contributed by atoms with Gasteiger partial charge >= 0.3 is 17.9 Å². The van der Waals surface area contributed by atoms with E-state index in [9.17, 15) is 14.4 Å². The van der Waals surface area contributed by atoms with Gasteiger partial charge in [0.15, 0.2) is 6.10 Å². The molecule has 0 radical (unpaired) electrons. The van der Waals surface area contributed by atoms with Crippen molar-refractivity contribution in [3.8, 4) is 0 Å². The highest BCUT2D eigenvalue weighted by molar-refractivity contribution is 5.71. The topological polar surface area (TPSA) is 78.9 Å². The third-order valence-electron chi connectivity index (χ3n) is 10.5. The molecule has 1 atom stereocenters. The molecule has 0 saturated heterocycles. The van der Waals surface area contributed by atoms with E-state index in [1.54, 1.807) is 0 Å². The van der Waals surface area contributed by atoms with Gasteiger partial charge in [-0.15, -0.1) is 0 Å². The molecule has 1 unspecified atom stereocenters. The van der Waals surface area contributed by atoms with Crippen molar-refractivity contribution in [3.05, 3.63) is 60.8 Å². The van der Waals surface area contributed by atoms with Gasteiger partial charge in [0.2, 0.25) is 0 Å². The van der Waals surface area contributed by atoms with Gasteiger partial charge in [0, 0.05) is 19.3 Å². The molecule has 0 N–H and O–H groups in total. The van der Waals surface area contributed by atoms with Crippen molar-refractivity contribution < 1.29 is 28.6 Å². The Balaban J connectivity index is 4.22. The molecule has 59 heavy (non-hydrogen) atoms. The summed E-state index contributed by atoms with van der Waals surface area (Å²) >= 11 is 0. The van der Waals surface area contributed by atoms with Crippen LogP contribution in [0.15, 0.2) is 60.8 Å². The number of hydrogen-bond donors (Lipinski definition) is 0. The molecule has 0 saturated carbocycles. The average molecular weight is 825 g/mol. The fourth-order valence-corrected chi connectivity index (χ4v) is 6.82. The van der Waals surface area contributed by atoms with Gasteiger partial charge in [-0.2, -0.15) is 0 Å². The van der Waals surface area contributed by atoms with Gasteiger partial charge in [0.1, 0.15) is 13.2 Å². The Morgan fingerprint density at radius 2 is 0.661 bits per heavy atom.